The summed E-state index contributed by atoms with van der Waals surface area (Å²) in [6, 6.07) is 2.98. The van der Waals surface area contributed by atoms with E-state index in [1.54, 1.807) is 0 Å². The molecule has 1 aliphatic heterocycles. The van der Waals surface area contributed by atoms with Gasteiger partial charge in [-0.2, -0.15) is 0 Å². The molecule has 0 amide bonds. The van der Waals surface area contributed by atoms with Gasteiger partial charge in [0.15, 0.2) is 0 Å². The van der Waals surface area contributed by atoms with E-state index >= 15 is 0 Å². The lowest BCUT2D eigenvalue weighted by Crippen LogP contribution is -2.42. The van der Waals surface area contributed by atoms with E-state index in [0.29, 0.717) is 0 Å². The summed E-state index contributed by atoms with van der Waals surface area (Å²) in [4.78, 5) is 4.18. The summed E-state index contributed by atoms with van der Waals surface area (Å²) >= 11 is 2.31. The number of hydrogen-bond donors (Lipinski definition) is 1. The van der Waals surface area contributed by atoms with Crippen LogP contribution in [0.1, 0.15) is 18.4 Å². The fourth-order valence-electron chi connectivity index (χ4n) is 1.53. The van der Waals surface area contributed by atoms with Gasteiger partial charge in [-0.05, 0) is 60.0 Å². The van der Waals surface area contributed by atoms with Crippen molar-refractivity contribution in [2.24, 2.45) is 0 Å². The van der Waals surface area contributed by atoms with Crippen LogP contribution in [0.2, 0.25) is 0 Å². The Kier molecular flexibility index (Phi) is 3.16. The highest BCUT2D eigenvalue weighted by molar-refractivity contribution is 14.1. The highest BCUT2D eigenvalue weighted by Gasteiger charge is 2.15. The minimum absolute atomic E-state index is 0.762. The Hall–Kier alpha value is -0.160. The Morgan fingerprint density at radius 3 is 3.00 bits per heavy atom. The van der Waals surface area contributed by atoms with E-state index in [-0.39, 0.29) is 0 Å². The minimum atomic E-state index is 0.762. The summed E-state index contributed by atoms with van der Waals surface area (Å²) in [7, 11) is 0. The van der Waals surface area contributed by atoms with Crippen molar-refractivity contribution in [1.82, 2.24) is 10.3 Å². The fourth-order valence-corrected chi connectivity index (χ4v) is 2.09. The average Bonchev–Trinajstić information content (AvgIpc) is 2.01. The molecule has 0 spiro atoms. The molecule has 0 aromatic carbocycles. The first-order valence-corrected chi connectivity index (χ1v) is 5.75. The molecular weight excluding hydrogens is 275 g/mol. The number of nitrogens with one attached hydrogen (secondary N) is 1. The monoisotopic (exact) mass is 288 g/mol. The molecule has 1 N–H and O–H groups in total. The van der Waals surface area contributed by atoms with Gasteiger partial charge in [-0.3, -0.25) is 4.98 Å². The molecule has 70 valence electrons. The summed E-state index contributed by atoms with van der Waals surface area (Å²) in [6.07, 6.45) is 7.62. The van der Waals surface area contributed by atoms with Crippen LogP contribution in [0.3, 0.4) is 0 Å². The van der Waals surface area contributed by atoms with Crippen molar-refractivity contribution < 1.29 is 0 Å². The molecule has 2 rings (SSSR count). The lowest BCUT2D eigenvalue weighted by Gasteiger charge is -2.27. The number of aromatic nitrogens is 1. The van der Waals surface area contributed by atoms with Crippen LogP contribution in [0.4, 0.5) is 0 Å². The van der Waals surface area contributed by atoms with E-state index < -0.39 is 0 Å². The van der Waals surface area contributed by atoms with Gasteiger partial charge >= 0.3 is 0 Å². The van der Waals surface area contributed by atoms with E-state index in [1.807, 2.05) is 12.4 Å². The highest BCUT2D eigenvalue weighted by atomic mass is 127. The zero-order chi connectivity index (χ0) is 9.10. The molecule has 0 saturated carbocycles. The Bertz CT molecular complexity index is 284. The maximum Gasteiger partial charge on any atom is 0.0401 e. The quantitative estimate of drug-likeness (QED) is 0.860. The number of nitrogens with zero attached hydrogens (tertiary/aromatic N) is 1. The van der Waals surface area contributed by atoms with E-state index in [9.17, 15) is 0 Å². The van der Waals surface area contributed by atoms with Gasteiger partial charge in [-0.15, -0.1) is 0 Å². The summed E-state index contributed by atoms with van der Waals surface area (Å²) in [5.74, 6) is 0. The summed E-state index contributed by atoms with van der Waals surface area (Å²) in [5.41, 5.74) is 1.36. The standard InChI is InChI=1S/C10H13IN2/c11-9-5-8(6-12-7-9)1-2-10-3-4-13-10/h5-7,10,13H,1-4H2/t10-/m1/s1. The molecule has 1 saturated heterocycles. The fraction of sp³-hybridized carbons (Fsp3) is 0.500. The normalized spacial score (nSPS) is 21.2. The van der Waals surface area contributed by atoms with Gasteiger partial charge in [0.1, 0.15) is 0 Å². The molecule has 1 atom stereocenters. The predicted molar refractivity (Wildman–Crippen MR) is 61.7 cm³/mol. The van der Waals surface area contributed by atoms with Gasteiger partial charge in [0.2, 0.25) is 0 Å². The molecule has 2 heterocycles. The zero-order valence-corrected chi connectivity index (χ0v) is 9.62. The smallest absolute Gasteiger partial charge is 0.0401 e. The zero-order valence-electron chi connectivity index (χ0n) is 7.46. The Balaban J connectivity index is 1.86. The Morgan fingerprint density at radius 2 is 2.38 bits per heavy atom. The number of rotatable bonds is 3. The molecular formula is C10H13IN2. The van der Waals surface area contributed by atoms with Crippen LogP contribution in [0.5, 0.6) is 0 Å². The maximum atomic E-state index is 4.18. The van der Waals surface area contributed by atoms with E-state index in [0.717, 1.165) is 12.5 Å². The highest BCUT2D eigenvalue weighted by Crippen LogP contribution is 2.12. The molecule has 2 nitrogen and oxygen atoms in total. The lowest BCUT2D eigenvalue weighted by molar-refractivity contribution is 0.351. The Labute approximate surface area is 92.3 Å². The van der Waals surface area contributed by atoms with Crippen LogP contribution in [0, 0.1) is 3.57 Å². The summed E-state index contributed by atoms with van der Waals surface area (Å²) in [6.45, 7) is 1.20. The molecule has 1 aliphatic rings. The second-order valence-electron chi connectivity index (χ2n) is 3.49. The molecule has 1 aromatic rings. The summed E-state index contributed by atoms with van der Waals surface area (Å²) in [5, 5.41) is 3.41. The Morgan fingerprint density at radius 1 is 1.54 bits per heavy atom. The number of halogens is 1. The first-order valence-electron chi connectivity index (χ1n) is 4.67. The SMILES string of the molecule is Ic1cncc(CC[C@@H]2CCN2)c1. The molecule has 0 unspecified atom stereocenters. The number of hydrogen-bond acceptors (Lipinski definition) is 2. The van der Waals surface area contributed by atoms with Crippen molar-refractivity contribution in [3.8, 4) is 0 Å². The molecule has 13 heavy (non-hydrogen) atoms. The van der Waals surface area contributed by atoms with Crippen molar-refractivity contribution in [2.75, 3.05) is 6.54 Å². The van der Waals surface area contributed by atoms with Crippen LogP contribution in [0.15, 0.2) is 18.5 Å². The lowest BCUT2D eigenvalue weighted by atomic mass is 9.99. The van der Waals surface area contributed by atoms with Gasteiger partial charge in [-0.25, -0.2) is 0 Å². The van der Waals surface area contributed by atoms with Crippen molar-refractivity contribution in [3.05, 3.63) is 27.6 Å². The second-order valence-corrected chi connectivity index (χ2v) is 4.74. The third kappa shape index (κ3) is 2.64. The largest absolute Gasteiger partial charge is 0.314 e. The average molecular weight is 288 g/mol. The van der Waals surface area contributed by atoms with Crippen LogP contribution in [-0.4, -0.2) is 17.6 Å². The van der Waals surface area contributed by atoms with E-state index in [2.05, 4.69) is 39.0 Å². The number of aryl methyl sites for hydroxylation is 1. The van der Waals surface area contributed by atoms with Crippen LogP contribution in [0.25, 0.3) is 0 Å². The molecule has 1 fully saturated rings. The van der Waals surface area contributed by atoms with Crippen molar-refractivity contribution in [1.29, 1.82) is 0 Å². The maximum absolute atomic E-state index is 4.18. The minimum Gasteiger partial charge on any atom is -0.314 e. The summed E-state index contributed by atoms with van der Waals surface area (Å²) < 4.78 is 1.23. The van der Waals surface area contributed by atoms with Gasteiger partial charge in [0.05, 0.1) is 0 Å². The van der Waals surface area contributed by atoms with Crippen LogP contribution in [-0.2, 0) is 6.42 Å². The van der Waals surface area contributed by atoms with Gasteiger partial charge in [-0.1, -0.05) is 0 Å². The molecule has 0 bridgehead atoms. The third-order valence-electron chi connectivity index (χ3n) is 2.47. The van der Waals surface area contributed by atoms with Crippen molar-refractivity contribution in [3.63, 3.8) is 0 Å². The first-order chi connectivity index (χ1) is 6.34. The van der Waals surface area contributed by atoms with Gasteiger partial charge < -0.3 is 5.32 Å². The van der Waals surface area contributed by atoms with Gasteiger partial charge in [0.25, 0.3) is 0 Å². The van der Waals surface area contributed by atoms with Crippen molar-refractivity contribution >= 4 is 22.6 Å². The number of pyridine rings is 1. The molecule has 0 aliphatic carbocycles. The topological polar surface area (TPSA) is 24.9 Å². The van der Waals surface area contributed by atoms with Gasteiger partial charge in [0, 0.05) is 22.0 Å². The van der Waals surface area contributed by atoms with Crippen LogP contribution >= 0.6 is 22.6 Å². The molecule has 1 aromatic heterocycles. The predicted octanol–water partition coefficient (Wildman–Crippen LogP) is 1.98. The molecule has 0 radical (unpaired) electrons. The first kappa shape index (κ1) is 9.40. The molecule has 3 heteroatoms. The van der Waals surface area contributed by atoms with Crippen molar-refractivity contribution in [2.45, 2.75) is 25.3 Å². The van der Waals surface area contributed by atoms with E-state index in [4.69, 9.17) is 0 Å². The second kappa shape index (κ2) is 4.37. The third-order valence-corrected chi connectivity index (χ3v) is 3.06. The van der Waals surface area contributed by atoms with Crippen LogP contribution < -0.4 is 5.32 Å². The van der Waals surface area contributed by atoms with E-state index in [1.165, 1.54) is 28.5 Å².